The fraction of sp³-hybridized carbons (Fsp3) is 0.778. The van der Waals surface area contributed by atoms with Crippen LogP contribution in [0.4, 0.5) is 0 Å². The fourth-order valence-corrected chi connectivity index (χ4v) is 1.66. The van der Waals surface area contributed by atoms with Gasteiger partial charge in [0.1, 0.15) is 6.10 Å². The van der Waals surface area contributed by atoms with Gasteiger partial charge in [-0.15, -0.1) is 0 Å². The van der Waals surface area contributed by atoms with Crippen molar-refractivity contribution in [2.45, 2.75) is 25.9 Å². The number of aromatic nitrogens is 2. The van der Waals surface area contributed by atoms with E-state index in [1.54, 1.807) is 6.92 Å². The average molecular weight is 197 g/mol. The molecule has 1 aromatic heterocycles. The molecule has 5 nitrogen and oxygen atoms in total. The molecule has 1 aliphatic heterocycles. The quantitative estimate of drug-likeness (QED) is 0.728. The van der Waals surface area contributed by atoms with Crippen LogP contribution in [0, 0.1) is 5.92 Å². The molecule has 1 aromatic rings. The molecular formula is C9H15N3O2. The Morgan fingerprint density at radius 1 is 1.71 bits per heavy atom. The second-order valence-electron chi connectivity index (χ2n) is 3.79. The van der Waals surface area contributed by atoms with Crippen molar-refractivity contribution in [1.82, 2.24) is 15.5 Å². The van der Waals surface area contributed by atoms with E-state index in [-0.39, 0.29) is 0 Å². The third-order valence-corrected chi connectivity index (χ3v) is 2.48. The number of aliphatic hydroxyl groups is 1. The summed E-state index contributed by atoms with van der Waals surface area (Å²) < 4.78 is 5.04. The first-order valence-corrected chi connectivity index (χ1v) is 4.97. The first-order valence-electron chi connectivity index (χ1n) is 4.97. The second kappa shape index (κ2) is 4.06. The lowest BCUT2D eigenvalue weighted by molar-refractivity contribution is 0.184. The maximum Gasteiger partial charge on any atom is 0.227 e. The molecule has 0 amide bonds. The summed E-state index contributed by atoms with van der Waals surface area (Å²) in [5.74, 6) is 1.61. The summed E-state index contributed by atoms with van der Waals surface area (Å²) >= 11 is 0. The average Bonchev–Trinajstić information content (AvgIpc) is 2.75. The van der Waals surface area contributed by atoms with Gasteiger partial charge in [0.15, 0.2) is 5.82 Å². The Morgan fingerprint density at radius 2 is 2.57 bits per heavy atom. The van der Waals surface area contributed by atoms with Gasteiger partial charge in [0.25, 0.3) is 0 Å². The van der Waals surface area contributed by atoms with Gasteiger partial charge >= 0.3 is 0 Å². The van der Waals surface area contributed by atoms with Gasteiger partial charge in [0, 0.05) is 6.42 Å². The molecule has 14 heavy (non-hydrogen) atoms. The number of hydrogen-bond acceptors (Lipinski definition) is 5. The van der Waals surface area contributed by atoms with Gasteiger partial charge in [0.05, 0.1) is 0 Å². The minimum absolute atomic E-state index is 0.381. The monoisotopic (exact) mass is 197 g/mol. The Morgan fingerprint density at radius 3 is 3.14 bits per heavy atom. The maximum absolute atomic E-state index is 9.20. The van der Waals surface area contributed by atoms with E-state index in [1.165, 1.54) is 0 Å². The highest BCUT2D eigenvalue weighted by Crippen LogP contribution is 2.15. The molecule has 2 unspecified atom stereocenters. The van der Waals surface area contributed by atoms with Crippen molar-refractivity contribution in [2.24, 2.45) is 5.92 Å². The number of hydrogen-bond donors (Lipinski definition) is 2. The Bertz CT molecular complexity index is 292. The van der Waals surface area contributed by atoms with Crippen LogP contribution < -0.4 is 5.32 Å². The zero-order valence-electron chi connectivity index (χ0n) is 8.23. The minimum atomic E-state index is -0.644. The van der Waals surface area contributed by atoms with Crippen LogP contribution in [0.15, 0.2) is 4.52 Å². The van der Waals surface area contributed by atoms with Gasteiger partial charge in [-0.2, -0.15) is 4.98 Å². The van der Waals surface area contributed by atoms with E-state index in [4.69, 9.17) is 4.52 Å². The largest absolute Gasteiger partial charge is 0.385 e. The first-order chi connectivity index (χ1) is 6.75. The molecule has 1 aliphatic rings. The predicted molar refractivity (Wildman–Crippen MR) is 49.6 cm³/mol. The van der Waals surface area contributed by atoms with Crippen molar-refractivity contribution in [2.75, 3.05) is 13.1 Å². The molecule has 0 bridgehead atoms. The van der Waals surface area contributed by atoms with E-state index in [1.807, 2.05) is 0 Å². The molecule has 0 aromatic carbocycles. The number of nitrogens with one attached hydrogen (secondary N) is 1. The van der Waals surface area contributed by atoms with E-state index in [9.17, 15) is 5.11 Å². The standard InChI is InChI=1S/C9H15N3O2/c1-6(13)9-11-8(14-12-9)4-7-2-3-10-5-7/h6-7,10,13H,2-5H2,1H3. The number of nitrogens with zero attached hydrogens (tertiary/aromatic N) is 2. The third-order valence-electron chi connectivity index (χ3n) is 2.48. The van der Waals surface area contributed by atoms with Gasteiger partial charge in [-0.25, -0.2) is 0 Å². The van der Waals surface area contributed by atoms with Crippen molar-refractivity contribution in [3.63, 3.8) is 0 Å². The van der Waals surface area contributed by atoms with Crippen molar-refractivity contribution in [3.8, 4) is 0 Å². The zero-order valence-corrected chi connectivity index (χ0v) is 8.23. The Kier molecular flexibility index (Phi) is 2.79. The molecule has 0 aliphatic carbocycles. The van der Waals surface area contributed by atoms with Crippen LogP contribution in [0.5, 0.6) is 0 Å². The molecule has 0 spiro atoms. The highest BCUT2D eigenvalue weighted by molar-refractivity contribution is 4.91. The minimum Gasteiger partial charge on any atom is -0.385 e. The summed E-state index contributed by atoms with van der Waals surface area (Å²) in [4.78, 5) is 4.12. The molecule has 1 fully saturated rings. The number of rotatable bonds is 3. The predicted octanol–water partition coefficient (Wildman–Crippen LogP) is 0.275. The lowest BCUT2D eigenvalue weighted by atomic mass is 10.1. The molecular weight excluding hydrogens is 182 g/mol. The van der Waals surface area contributed by atoms with Crippen molar-refractivity contribution < 1.29 is 9.63 Å². The molecule has 0 saturated carbocycles. The second-order valence-corrected chi connectivity index (χ2v) is 3.79. The van der Waals surface area contributed by atoms with Crippen LogP contribution in [-0.4, -0.2) is 28.3 Å². The van der Waals surface area contributed by atoms with Crippen molar-refractivity contribution >= 4 is 0 Å². The fourth-order valence-electron chi connectivity index (χ4n) is 1.66. The first kappa shape index (κ1) is 9.61. The number of aliphatic hydroxyl groups excluding tert-OH is 1. The SMILES string of the molecule is CC(O)c1noc(CC2CCNC2)n1. The molecule has 78 valence electrons. The summed E-state index contributed by atoms with van der Waals surface area (Å²) in [6.07, 6.45) is 1.33. The normalized spacial score (nSPS) is 24.0. The van der Waals surface area contributed by atoms with E-state index in [0.717, 1.165) is 25.9 Å². The van der Waals surface area contributed by atoms with Gasteiger partial charge in [-0.05, 0) is 32.4 Å². The maximum atomic E-state index is 9.20. The van der Waals surface area contributed by atoms with E-state index >= 15 is 0 Å². The van der Waals surface area contributed by atoms with Crippen molar-refractivity contribution in [1.29, 1.82) is 0 Å². The summed E-state index contributed by atoms with van der Waals surface area (Å²) in [5, 5.41) is 16.2. The molecule has 2 N–H and O–H groups in total. The molecule has 2 heterocycles. The van der Waals surface area contributed by atoms with Crippen LogP contribution in [0.2, 0.25) is 0 Å². The molecule has 0 radical (unpaired) electrons. The Balaban J connectivity index is 1.95. The van der Waals surface area contributed by atoms with Crippen LogP contribution in [-0.2, 0) is 6.42 Å². The zero-order chi connectivity index (χ0) is 9.97. The van der Waals surface area contributed by atoms with E-state index < -0.39 is 6.10 Å². The van der Waals surface area contributed by atoms with Gasteiger partial charge in [0.2, 0.25) is 5.89 Å². The van der Waals surface area contributed by atoms with Gasteiger partial charge in [-0.3, -0.25) is 0 Å². The van der Waals surface area contributed by atoms with E-state index in [2.05, 4.69) is 15.5 Å². The third kappa shape index (κ3) is 2.10. The summed E-state index contributed by atoms with van der Waals surface area (Å²) in [5.41, 5.74) is 0. The Labute approximate surface area is 82.5 Å². The highest BCUT2D eigenvalue weighted by Gasteiger charge is 2.19. The molecule has 1 saturated heterocycles. The lowest BCUT2D eigenvalue weighted by Gasteiger charge is -2.01. The van der Waals surface area contributed by atoms with Crippen molar-refractivity contribution in [3.05, 3.63) is 11.7 Å². The lowest BCUT2D eigenvalue weighted by Crippen LogP contribution is -2.10. The van der Waals surface area contributed by atoms with Crippen LogP contribution in [0.25, 0.3) is 0 Å². The Hall–Kier alpha value is -0.940. The van der Waals surface area contributed by atoms with Crippen LogP contribution in [0.3, 0.4) is 0 Å². The molecule has 5 heteroatoms. The molecule has 2 rings (SSSR count). The smallest absolute Gasteiger partial charge is 0.227 e. The van der Waals surface area contributed by atoms with Gasteiger partial charge < -0.3 is 14.9 Å². The van der Waals surface area contributed by atoms with Crippen LogP contribution >= 0.6 is 0 Å². The van der Waals surface area contributed by atoms with Crippen LogP contribution in [0.1, 0.15) is 31.2 Å². The topological polar surface area (TPSA) is 71.2 Å². The summed E-state index contributed by atoms with van der Waals surface area (Å²) in [6, 6.07) is 0. The summed E-state index contributed by atoms with van der Waals surface area (Å²) in [7, 11) is 0. The van der Waals surface area contributed by atoms with Gasteiger partial charge in [-0.1, -0.05) is 5.16 Å². The molecule has 2 atom stereocenters. The summed E-state index contributed by atoms with van der Waals surface area (Å²) in [6.45, 7) is 3.72. The van der Waals surface area contributed by atoms with E-state index in [0.29, 0.717) is 17.6 Å². The highest BCUT2D eigenvalue weighted by atomic mass is 16.5.